The van der Waals surface area contributed by atoms with Gasteiger partial charge < -0.3 is 15.8 Å². The van der Waals surface area contributed by atoms with Crippen LogP contribution in [-0.4, -0.2) is 12.1 Å². The average Bonchev–Trinajstić information content (AvgIpc) is 2.19. The summed E-state index contributed by atoms with van der Waals surface area (Å²) >= 11 is 0. The van der Waals surface area contributed by atoms with E-state index >= 15 is 0 Å². The Morgan fingerprint density at radius 1 is 1.35 bits per heavy atom. The molecule has 1 heterocycles. The Balaban J connectivity index is 2.52. The minimum atomic E-state index is -0.0572. The lowest BCUT2D eigenvalue weighted by Crippen LogP contribution is -2.32. The lowest BCUT2D eigenvalue weighted by Gasteiger charge is -2.32. The highest BCUT2D eigenvalue weighted by Gasteiger charge is 2.24. The fourth-order valence-electron chi connectivity index (χ4n) is 2.31. The molecule has 1 aliphatic rings. The maximum Gasteiger partial charge on any atom is 0.122 e. The van der Waals surface area contributed by atoms with E-state index < -0.39 is 0 Å². The summed E-state index contributed by atoms with van der Waals surface area (Å²) in [7, 11) is 0. The zero-order valence-corrected chi connectivity index (χ0v) is 10.9. The Hall–Kier alpha value is -1.64. The molecule has 0 bridgehead atoms. The van der Waals surface area contributed by atoms with E-state index in [1.165, 1.54) is 5.57 Å². The molecule has 0 radical (unpaired) electrons. The van der Waals surface area contributed by atoms with Crippen molar-refractivity contribution in [3.8, 4) is 5.75 Å². The van der Waals surface area contributed by atoms with Crippen molar-refractivity contribution in [2.75, 3.05) is 17.7 Å². The fraction of sp³-hybridized carbons (Fsp3) is 0.429. The van der Waals surface area contributed by atoms with Gasteiger partial charge in [0.15, 0.2) is 0 Å². The highest BCUT2D eigenvalue weighted by molar-refractivity contribution is 5.88. The highest BCUT2D eigenvalue weighted by atomic mass is 16.5. The summed E-state index contributed by atoms with van der Waals surface area (Å²) in [4.78, 5) is 0. The number of nitrogens with one attached hydrogen (secondary N) is 1. The van der Waals surface area contributed by atoms with Gasteiger partial charge in [-0.3, -0.25) is 0 Å². The Kier molecular flexibility index (Phi) is 2.77. The molecule has 0 fully saturated rings. The molecule has 1 aliphatic heterocycles. The van der Waals surface area contributed by atoms with Crippen LogP contribution >= 0.6 is 0 Å². The van der Waals surface area contributed by atoms with Crippen LogP contribution in [0, 0.1) is 0 Å². The number of rotatable bonds is 2. The van der Waals surface area contributed by atoms with Crippen LogP contribution in [0.1, 0.15) is 33.3 Å². The molecule has 0 spiro atoms. The topological polar surface area (TPSA) is 47.3 Å². The van der Waals surface area contributed by atoms with Crippen molar-refractivity contribution < 1.29 is 4.74 Å². The summed E-state index contributed by atoms with van der Waals surface area (Å²) in [5.74, 6) is 0.831. The van der Waals surface area contributed by atoms with Crippen molar-refractivity contribution >= 4 is 16.9 Å². The maximum atomic E-state index is 6.09. The zero-order valence-electron chi connectivity index (χ0n) is 10.9. The van der Waals surface area contributed by atoms with Gasteiger partial charge in [-0.25, -0.2) is 0 Å². The summed E-state index contributed by atoms with van der Waals surface area (Å²) < 4.78 is 5.52. The van der Waals surface area contributed by atoms with Gasteiger partial charge in [-0.05, 0) is 39.3 Å². The first kappa shape index (κ1) is 11.8. The normalized spacial score (nSPS) is 16.8. The second-order valence-corrected chi connectivity index (χ2v) is 5.04. The van der Waals surface area contributed by atoms with E-state index in [4.69, 9.17) is 10.5 Å². The first-order valence-electron chi connectivity index (χ1n) is 5.97. The third-order valence-corrected chi connectivity index (χ3v) is 2.90. The Labute approximate surface area is 103 Å². The Morgan fingerprint density at radius 2 is 2.06 bits per heavy atom. The molecule has 1 aromatic carbocycles. The first-order chi connectivity index (χ1) is 7.93. The first-order valence-corrected chi connectivity index (χ1v) is 5.97. The molecule has 0 amide bonds. The second-order valence-electron chi connectivity index (χ2n) is 5.04. The number of nitrogen functional groups attached to an aromatic ring is 1. The predicted octanol–water partition coefficient (Wildman–Crippen LogP) is 3.27. The van der Waals surface area contributed by atoms with Crippen LogP contribution in [-0.2, 0) is 0 Å². The third-order valence-electron chi connectivity index (χ3n) is 2.90. The molecule has 0 unspecified atom stereocenters. The van der Waals surface area contributed by atoms with Gasteiger partial charge in [0.1, 0.15) is 5.75 Å². The van der Waals surface area contributed by atoms with Gasteiger partial charge in [-0.1, -0.05) is 6.08 Å². The van der Waals surface area contributed by atoms with E-state index in [0.29, 0.717) is 6.61 Å². The third kappa shape index (κ3) is 2.23. The van der Waals surface area contributed by atoms with Gasteiger partial charge in [0.2, 0.25) is 0 Å². The van der Waals surface area contributed by atoms with Crippen molar-refractivity contribution in [1.82, 2.24) is 0 Å². The number of hydrogen-bond acceptors (Lipinski definition) is 3. The number of benzene rings is 1. The fourth-order valence-corrected chi connectivity index (χ4v) is 2.31. The number of allylic oxidation sites excluding steroid dienone is 1. The van der Waals surface area contributed by atoms with E-state index in [9.17, 15) is 0 Å². The van der Waals surface area contributed by atoms with Gasteiger partial charge in [-0.15, -0.1) is 0 Å². The smallest absolute Gasteiger partial charge is 0.122 e. The molecule has 92 valence electrons. The van der Waals surface area contributed by atoms with Crippen LogP contribution in [0.2, 0.25) is 0 Å². The molecule has 17 heavy (non-hydrogen) atoms. The van der Waals surface area contributed by atoms with Crippen molar-refractivity contribution in [3.05, 3.63) is 23.8 Å². The highest BCUT2D eigenvalue weighted by Crippen LogP contribution is 2.39. The molecule has 0 saturated carbocycles. The number of fused-ring (bicyclic) bond motifs is 1. The SMILES string of the molecule is CCOc1cc(N)c2c(c1)C(C)=CC(C)(C)N2. The Morgan fingerprint density at radius 3 is 2.71 bits per heavy atom. The van der Waals surface area contributed by atoms with Crippen molar-refractivity contribution in [2.45, 2.75) is 33.2 Å². The van der Waals surface area contributed by atoms with Crippen LogP contribution in [0.4, 0.5) is 11.4 Å². The largest absolute Gasteiger partial charge is 0.494 e. The molecule has 1 aromatic rings. The molecule has 2 rings (SSSR count). The minimum absolute atomic E-state index is 0.0572. The zero-order chi connectivity index (χ0) is 12.6. The van der Waals surface area contributed by atoms with Crippen LogP contribution in [0.15, 0.2) is 18.2 Å². The summed E-state index contributed by atoms with van der Waals surface area (Å²) in [5, 5.41) is 3.45. The van der Waals surface area contributed by atoms with Gasteiger partial charge in [0.25, 0.3) is 0 Å². The van der Waals surface area contributed by atoms with E-state index in [-0.39, 0.29) is 5.54 Å². The van der Waals surface area contributed by atoms with Crippen LogP contribution in [0.5, 0.6) is 5.75 Å². The Bertz CT molecular complexity index is 475. The quantitative estimate of drug-likeness (QED) is 0.769. The number of anilines is 2. The van der Waals surface area contributed by atoms with Gasteiger partial charge >= 0.3 is 0 Å². The number of hydrogen-bond donors (Lipinski definition) is 2. The molecule has 0 atom stereocenters. The van der Waals surface area contributed by atoms with Gasteiger partial charge in [-0.2, -0.15) is 0 Å². The summed E-state index contributed by atoms with van der Waals surface area (Å²) in [5.41, 5.74) is 10.1. The molecular weight excluding hydrogens is 212 g/mol. The summed E-state index contributed by atoms with van der Waals surface area (Å²) in [6, 6.07) is 3.92. The lowest BCUT2D eigenvalue weighted by atomic mass is 9.90. The monoisotopic (exact) mass is 232 g/mol. The molecule has 0 aliphatic carbocycles. The standard InChI is InChI=1S/C14H20N2O/c1-5-17-10-6-11-9(2)8-14(3,4)16-13(11)12(15)7-10/h6-8,16H,5,15H2,1-4H3. The van der Waals surface area contributed by atoms with E-state index in [1.54, 1.807) is 0 Å². The maximum absolute atomic E-state index is 6.09. The van der Waals surface area contributed by atoms with E-state index in [1.807, 2.05) is 19.1 Å². The molecule has 3 heteroatoms. The van der Waals surface area contributed by atoms with Crippen LogP contribution in [0.3, 0.4) is 0 Å². The van der Waals surface area contributed by atoms with Crippen molar-refractivity contribution in [3.63, 3.8) is 0 Å². The van der Waals surface area contributed by atoms with Crippen LogP contribution in [0.25, 0.3) is 5.57 Å². The molecule has 0 aromatic heterocycles. The van der Waals surface area contributed by atoms with Gasteiger partial charge in [0, 0.05) is 11.6 Å². The molecular formula is C14H20N2O. The second kappa shape index (κ2) is 3.99. The predicted molar refractivity (Wildman–Crippen MR) is 73.4 cm³/mol. The molecule has 3 nitrogen and oxygen atoms in total. The van der Waals surface area contributed by atoms with E-state index in [0.717, 1.165) is 22.7 Å². The van der Waals surface area contributed by atoms with Crippen LogP contribution < -0.4 is 15.8 Å². The van der Waals surface area contributed by atoms with Gasteiger partial charge in [0.05, 0.1) is 23.5 Å². The number of nitrogens with two attached hydrogens (primary N) is 1. The summed E-state index contributed by atoms with van der Waals surface area (Å²) in [6.07, 6.45) is 2.21. The molecule has 3 N–H and O–H groups in total. The lowest BCUT2D eigenvalue weighted by molar-refractivity contribution is 0.340. The number of ether oxygens (including phenoxy) is 1. The van der Waals surface area contributed by atoms with Crippen molar-refractivity contribution in [1.29, 1.82) is 0 Å². The summed E-state index contributed by atoms with van der Waals surface area (Å²) in [6.45, 7) is 9.00. The van der Waals surface area contributed by atoms with E-state index in [2.05, 4.69) is 32.2 Å². The average molecular weight is 232 g/mol. The molecule has 0 saturated heterocycles. The van der Waals surface area contributed by atoms with Crippen molar-refractivity contribution in [2.24, 2.45) is 0 Å². The minimum Gasteiger partial charge on any atom is -0.494 e.